The van der Waals surface area contributed by atoms with Crippen molar-refractivity contribution in [1.29, 1.82) is 5.41 Å². The van der Waals surface area contributed by atoms with Crippen LogP contribution >= 0.6 is 23.4 Å². The number of amides is 2. The molecule has 0 spiro atoms. The lowest BCUT2D eigenvalue weighted by atomic mass is 10.2. The molecule has 1 unspecified atom stereocenters. The summed E-state index contributed by atoms with van der Waals surface area (Å²) in [5.74, 6) is 0.425. The summed E-state index contributed by atoms with van der Waals surface area (Å²) in [5.41, 5.74) is 1.68. The lowest BCUT2D eigenvalue weighted by molar-refractivity contribution is -0.120. The Morgan fingerprint density at radius 1 is 1.40 bits per heavy atom. The fourth-order valence-corrected chi connectivity index (χ4v) is 4.31. The number of carbonyl (C=O) groups is 2. The third kappa shape index (κ3) is 5.82. The van der Waals surface area contributed by atoms with E-state index in [4.69, 9.17) is 21.7 Å². The first-order valence-corrected chi connectivity index (χ1v) is 11.0. The number of nitrogens with one attached hydrogen (secondary N) is 3. The number of ether oxygens (including phenoxy) is 1. The number of hydrogen-bond acceptors (Lipinski definition) is 6. The number of likely N-dealkylation sites (N-methyl/N-ethyl adjacent to an activating group) is 1. The number of thioether (sulfide) groups is 1. The van der Waals surface area contributed by atoms with Gasteiger partial charge in [-0.05, 0) is 37.6 Å². The molecule has 2 atom stereocenters. The van der Waals surface area contributed by atoms with Gasteiger partial charge >= 0.3 is 6.09 Å². The summed E-state index contributed by atoms with van der Waals surface area (Å²) < 4.78 is 6.03. The van der Waals surface area contributed by atoms with Crippen LogP contribution in [-0.4, -0.2) is 67.3 Å². The molecule has 1 fully saturated rings. The number of carbonyl (C=O) groups excluding carboxylic acids is 2. The van der Waals surface area contributed by atoms with E-state index in [2.05, 4.69) is 10.6 Å². The van der Waals surface area contributed by atoms with Crippen LogP contribution in [0.4, 0.5) is 16.2 Å². The summed E-state index contributed by atoms with van der Waals surface area (Å²) in [4.78, 5) is 27.9. The molecule has 30 heavy (non-hydrogen) atoms. The van der Waals surface area contributed by atoms with Gasteiger partial charge in [-0.25, -0.2) is 4.79 Å². The number of cyclic esters (lactones) is 1. The molecule has 0 aliphatic carbocycles. The Balaban J connectivity index is 1.45. The molecule has 3 N–H and O–H groups in total. The zero-order chi connectivity index (χ0) is 21.7. The summed E-state index contributed by atoms with van der Waals surface area (Å²) in [6, 6.07) is 7.53. The van der Waals surface area contributed by atoms with Crippen LogP contribution < -0.4 is 15.5 Å². The van der Waals surface area contributed by atoms with Gasteiger partial charge in [0.2, 0.25) is 5.91 Å². The Labute approximate surface area is 185 Å². The molecular weight excluding hydrogens is 426 g/mol. The first kappa shape index (κ1) is 22.3. The number of nitrogens with zero attached hydrogens (tertiary/aromatic N) is 2. The van der Waals surface area contributed by atoms with Gasteiger partial charge in [0.15, 0.2) is 0 Å². The molecule has 2 heterocycles. The van der Waals surface area contributed by atoms with Crippen LogP contribution in [0, 0.1) is 5.41 Å². The number of halogens is 1. The fourth-order valence-electron chi connectivity index (χ4n) is 3.05. The second kappa shape index (κ2) is 10.1. The summed E-state index contributed by atoms with van der Waals surface area (Å²) in [5, 5.41) is 13.5. The van der Waals surface area contributed by atoms with E-state index in [9.17, 15) is 9.59 Å². The quantitative estimate of drug-likeness (QED) is 0.415. The third-order valence-corrected chi connectivity index (χ3v) is 6.45. The van der Waals surface area contributed by atoms with E-state index in [0.29, 0.717) is 29.7 Å². The lowest BCUT2D eigenvalue weighted by Gasteiger charge is -2.18. The normalized spacial score (nSPS) is 20.6. The Kier molecular flexibility index (Phi) is 7.49. The molecule has 162 valence electrons. The molecule has 2 aliphatic rings. The highest BCUT2D eigenvalue weighted by atomic mass is 35.5. The van der Waals surface area contributed by atoms with E-state index in [1.165, 1.54) is 11.8 Å². The number of benzene rings is 1. The summed E-state index contributed by atoms with van der Waals surface area (Å²) >= 11 is 7.24. The van der Waals surface area contributed by atoms with E-state index in [-0.39, 0.29) is 17.7 Å². The molecule has 0 saturated carbocycles. The predicted molar refractivity (Wildman–Crippen MR) is 122 cm³/mol. The highest BCUT2D eigenvalue weighted by Crippen LogP contribution is 2.34. The van der Waals surface area contributed by atoms with Crippen molar-refractivity contribution in [2.45, 2.75) is 24.7 Å². The van der Waals surface area contributed by atoms with Gasteiger partial charge in [-0.1, -0.05) is 17.7 Å². The van der Waals surface area contributed by atoms with Gasteiger partial charge in [0, 0.05) is 31.5 Å². The number of hydrogen-bond donors (Lipinski definition) is 3. The van der Waals surface area contributed by atoms with Crippen LogP contribution in [0.25, 0.3) is 0 Å². The van der Waals surface area contributed by atoms with Gasteiger partial charge < -0.3 is 20.3 Å². The fraction of sp³-hybridized carbons (Fsp3) is 0.450. The molecule has 1 aromatic rings. The van der Waals surface area contributed by atoms with Crippen molar-refractivity contribution in [1.82, 2.24) is 10.2 Å². The highest BCUT2D eigenvalue weighted by molar-refractivity contribution is 8.06. The summed E-state index contributed by atoms with van der Waals surface area (Å²) in [7, 11) is 1.88. The molecule has 3 rings (SSSR count). The number of amidine groups is 1. The topological polar surface area (TPSA) is 97.8 Å². The average molecular weight is 452 g/mol. The van der Waals surface area contributed by atoms with Crippen LogP contribution in [0.3, 0.4) is 0 Å². The Hall–Kier alpha value is -2.39. The van der Waals surface area contributed by atoms with Crippen LogP contribution in [-0.2, 0) is 9.53 Å². The Bertz CT molecular complexity index is 832. The minimum absolute atomic E-state index is 0.0966. The molecule has 1 aromatic carbocycles. The van der Waals surface area contributed by atoms with Gasteiger partial charge in [-0.3, -0.25) is 15.1 Å². The van der Waals surface area contributed by atoms with Gasteiger partial charge in [-0.15, -0.1) is 11.8 Å². The molecule has 2 aliphatic heterocycles. The van der Waals surface area contributed by atoms with Crippen molar-refractivity contribution >= 4 is 52.6 Å². The van der Waals surface area contributed by atoms with Crippen molar-refractivity contribution in [2.24, 2.45) is 0 Å². The van der Waals surface area contributed by atoms with E-state index >= 15 is 0 Å². The van der Waals surface area contributed by atoms with Crippen molar-refractivity contribution < 1.29 is 14.3 Å². The highest BCUT2D eigenvalue weighted by Gasteiger charge is 2.33. The summed E-state index contributed by atoms with van der Waals surface area (Å²) in [6.07, 6.45) is 1.63. The zero-order valence-electron chi connectivity index (χ0n) is 17.0. The standard InChI is InChI=1S/C20H26ClN5O3S/c1-13(22)25(2)10-9-23-14-3-5-15(6-4-14)26-12-16(29-20(26)28)11-24-19(27)17-7-8-18(21)30-17/h3-6,8,16-17,22-23H,7,9-12H2,1-2H3,(H,24,27)/t16-,17?/m0/s1. The Morgan fingerprint density at radius 2 is 2.13 bits per heavy atom. The third-order valence-electron chi connectivity index (χ3n) is 4.95. The molecule has 10 heteroatoms. The van der Waals surface area contributed by atoms with Crippen molar-refractivity contribution in [3.8, 4) is 0 Å². The second-order valence-corrected chi connectivity index (χ2v) is 9.07. The largest absolute Gasteiger partial charge is 0.442 e. The maximum absolute atomic E-state index is 12.2. The number of anilines is 2. The molecule has 0 aromatic heterocycles. The van der Waals surface area contributed by atoms with Crippen LogP contribution in [0.1, 0.15) is 13.3 Å². The first-order chi connectivity index (χ1) is 14.3. The maximum atomic E-state index is 12.2. The van der Waals surface area contributed by atoms with Gasteiger partial charge in [0.25, 0.3) is 0 Å². The first-order valence-electron chi connectivity index (χ1n) is 9.72. The molecule has 2 amide bonds. The van der Waals surface area contributed by atoms with Crippen LogP contribution in [0.2, 0.25) is 0 Å². The smallest absolute Gasteiger partial charge is 0.414 e. The molecule has 0 bridgehead atoms. The zero-order valence-corrected chi connectivity index (χ0v) is 18.6. The minimum Gasteiger partial charge on any atom is -0.442 e. The molecule has 0 radical (unpaired) electrons. The van der Waals surface area contributed by atoms with Crippen molar-refractivity contribution in [3.63, 3.8) is 0 Å². The van der Waals surface area contributed by atoms with Gasteiger partial charge in [0.05, 0.1) is 28.5 Å². The average Bonchev–Trinajstić information content (AvgIpc) is 3.32. The Morgan fingerprint density at radius 3 is 2.77 bits per heavy atom. The molecule has 8 nitrogen and oxygen atoms in total. The van der Waals surface area contributed by atoms with Crippen LogP contribution in [0.5, 0.6) is 0 Å². The van der Waals surface area contributed by atoms with E-state index in [0.717, 1.165) is 17.9 Å². The number of rotatable bonds is 8. The molecular formula is C20H26ClN5O3S. The minimum atomic E-state index is -0.419. The van der Waals surface area contributed by atoms with E-state index in [1.54, 1.807) is 11.8 Å². The van der Waals surface area contributed by atoms with Crippen molar-refractivity contribution in [2.75, 3.05) is 43.4 Å². The van der Waals surface area contributed by atoms with Gasteiger partial charge in [-0.2, -0.15) is 0 Å². The van der Waals surface area contributed by atoms with Crippen molar-refractivity contribution in [3.05, 3.63) is 34.7 Å². The summed E-state index contributed by atoms with van der Waals surface area (Å²) in [6.45, 7) is 3.84. The van der Waals surface area contributed by atoms with E-state index in [1.807, 2.05) is 42.3 Å². The van der Waals surface area contributed by atoms with Gasteiger partial charge in [0.1, 0.15) is 6.10 Å². The predicted octanol–water partition coefficient (Wildman–Crippen LogP) is 3.05. The monoisotopic (exact) mass is 451 g/mol. The number of allylic oxidation sites excluding steroid dienone is 1. The second-order valence-electron chi connectivity index (χ2n) is 7.19. The van der Waals surface area contributed by atoms with Crippen LogP contribution in [0.15, 0.2) is 34.7 Å². The maximum Gasteiger partial charge on any atom is 0.414 e. The molecule has 1 saturated heterocycles. The SMILES string of the molecule is CC(=N)N(C)CCNc1ccc(N2C[C@H](CNC(=O)C3CC=C(Cl)S3)OC2=O)cc1. The van der Waals surface area contributed by atoms with E-state index < -0.39 is 12.2 Å². The lowest BCUT2D eigenvalue weighted by Crippen LogP contribution is -2.38.